The molecule has 0 aromatic carbocycles. The van der Waals surface area contributed by atoms with Gasteiger partial charge in [-0.15, -0.1) is 11.3 Å². The van der Waals surface area contributed by atoms with Gasteiger partial charge >= 0.3 is 12.0 Å². The standard InChI is InChI=1S/C14H21N3O3S/c1-10-15-12(9-21-10)8-16(2)14(20)17-5-3-11(4-6-17)7-13(18)19/h9,11H,3-8H2,1-2H3,(H,18,19). The zero-order chi connectivity index (χ0) is 15.4. The average Bonchev–Trinajstić information content (AvgIpc) is 2.83. The van der Waals surface area contributed by atoms with Crippen LogP contribution in [-0.4, -0.2) is 52.0 Å². The van der Waals surface area contributed by atoms with Gasteiger partial charge in [0.25, 0.3) is 0 Å². The number of carbonyl (C=O) groups is 2. The van der Waals surface area contributed by atoms with E-state index in [2.05, 4.69) is 4.98 Å². The maximum atomic E-state index is 12.3. The number of rotatable bonds is 4. The summed E-state index contributed by atoms with van der Waals surface area (Å²) in [5, 5.41) is 11.8. The van der Waals surface area contributed by atoms with Gasteiger partial charge in [0, 0.05) is 31.9 Å². The highest BCUT2D eigenvalue weighted by Crippen LogP contribution is 2.21. The van der Waals surface area contributed by atoms with E-state index in [0.717, 1.165) is 23.5 Å². The number of hydrogen-bond donors (Lipinski definition) is 1. The Hall–Kier alpha value is -1.63. The van der Waals surface area contributed by atoms with Crippen LogP contribution in [0, 0.1) is 12.8 Å². The molecule has 1 aromatic rings. The van der Waals surface area contributed by atoms with Crippen LogP contribution < -0.4 is 0 Å². The smallest absolute Gasteiger partial charge is 0.320 e. The Bertz CT molecular complexity index is 509. The zero-order valence-corrected chi connectivity index (χ0v) is 13.2. The number of aliphatic carboxylic acids is 1. The third-order valence-corrected chi connectivity index (χ3v) is 4.56. The highest BCUT2D eigenvalue weighted by molar-refractivity contribution is 7.09. The molecule has 0 aliphatic carbocycles. The first-order chi connectivity index (χ1) is 9.95. The predicted octanol–water partition coefficient (Wildman–Crippen LogP) is 2.19. The van der Waals surface area contributed by atoms with Crippen LogP contribution in [0.25, 0.3) is 0 Å². The zero-order valence-electron chi connectivity index (χ0n) is 12.4. The summed E-state index contributed by atoms with van der Waals surface area (Å²) in [6, 6.07) is -0.00516. The maximum Gasteiger partial charge on any atom is 0.320 e. The van der Waals surface area contributed by atoms with Crippen LogP contribution in [0.4, 0.5) is 4.79 Å². The summed E-state index contributed by atoms with van der Waals surface area (Å²) in [6.45, 7) is 3.73. The van der Waals surface area contributed by atoms with Gasteiger partial charge in [-0.25, -0.2) is 9.78 Å². The van der Waals surface area contributed by atoms with Gasteiger partial charge in [-0.1, -0.05) is 0 Å². The summed E-state index contributed by atoms with van der Waals surface area (Å²) in [5.41, 5.74) is 0.911. The van der Waals surface area contributed by atoms with Gasteiger partial charge in [0.1, 0.15) is 0 Å². The summed E-state index contributed by atoms with van der Waals surface area (Å²) in [5.74, 6) is -0.561. The normalized spacial score (nSPS) is 16.0. The molecule has 7 heteroatoms. The first kappa shape index (κ1) is 15.8. The second kappa shape index (κ2) is 6.89. The molecule has 6 nitrogen and oxygen atoms in total. The second-order valence-electron chi connectivity index (χ2n) is 5.52. The van der Waals surface area contributed by atoms with Gasteiger partial charge in [0.2, 0.25) is 0 Å². The maximum absolute atomic E-state index is 12.3. The Labute approximate surface area is 128 Å². The minimum atomic E-state index is -0.754. The van der Waals surface area contributed by atoms with Crippen molar-refractivity contribution < 1.29 is 14.7 Å². The lowest BCUT2D eigenvalue weighted by atomic mass is 9.94. The van der Waals surface area contributed by atoms with Crippen LogP contribution >= 0.6 is 11.3 Å². The number of amides is 2. The Morgan fingerprint density at radius 1 is 1.48 bits per heavy atom. The number of carboxylic acids is 1. The number of aromatic nitrogens is 1. The Morgan fingerprint density at radius 3 is 2.67 bits per heavy atom. The molecule has 116 valence electrons. The van der Waals surface area contributed by atoms with Crippen LogP contribution in [0.3, 0.4) is 0 Å². The number of likely N-dealkylation sites (tertiary alicyclic amines) is 1. The number of hydrogen-bond acceptors (Lipinski definition) is 4. The minimum absolute atomic E-state index is 0.00516. The van der Waals surface area contributed by atoms with Gasteiger partial charge in [0.15, 0.2) is 0 Å². The lowest BCUT2D eigenvalue weighted by Crippen LogP contribution is -2.45. The molecule has 2 heterocycles. The molecule has 0 atom stereocenters. The molecular formula is C14H21N3O3S. The molecule has 1 aliphatic heterocycles. The van der Waals surface area contributed by atoms with E-state index in [1.165, 1.54) is 0 Å². The van der Waals surface area contributed by atoms with E-state index in [-0.39, 0.29) is 18.4 Å². The van der Waals surface area contributed by atoms with Crippen molar-refractivity contribution >= 4 is 23.3 Å². The van der Waals surface area contributed by atoms with Crippen molar-refractivity contribution in [2.75, 3.05) is 20.1 Å². The first-order valence-electron chi connectivity index (χ1n) is 7.08. The number of carbonyl (C=O) groups excluding carboxylic acids is 1. The molecule has 1 fully saturated rings. The molecule has 1 N–H and O–H groups in total. The van der Waals surface area contributed by atoms with E-state index >= 15 is 0 Å². The van der Waals surface area contributed by atoms with Crippen molar-refractivity contribution in [3.63, 3.8) is 0 Å². The number of carboxylic acid groups (broad SMARTS) is 1. The monoisotopic (exact) mass is 311 g/mol. The number of thiazole rings is 1. The lowest BCUT2D eigenvalue weighted by Gasteiger charge is -2.34. The number of aryl methyl sites for hydroxylation is 1. The van der Waals surface area contributed by atoms with Crippen molar-refractivity contribution in [1.82, 2.24) is 14.8 Å². The van der Waals surface area contributed by atoms with Gasteiger partial charge in [-0.3, -0.25) is 4.79 Å². The van der Waals surface area contributed by atoms with Crippen LogP contribution in [-0.2, 0) is 11.3 Å². The number of urea groups is 1. The summed E-state index contributed by atoms with van der Waals surface area (Å²) in [4.78, 5) is 30.9. The van der Waals surface area contributed by atoms with Crippen molar-refractivity contribution in [3.05, 3.63) is 16.1 Å². The molecule has 0 bridgehead atoms. The van der Waals surface area contributed by atoms with E-state index in [1.807, 2.05) is 12.3 Å². The first-order valence-corrected chi connectivity index (χ1v) is 7.96. The molecule has 2 rings (SSSR count). The predicted molar refractivity (Wildman–Crippen MR) is 80.3 cm³/mol. The van der Waals surface area contributed by atoms with Crippen LogP contribution in [0.5, 0.6) is 0 Å². The molecule has 1 aliphatic rings. The molecule has 1 saturated heterocycles. The Kier molecular flexibility index (Phi) is 5.17. The van der Waals surface area contributed by atoms with Crippen molar-refractivity contribution in [1.29, 1.82) is 0 Å². The lowest BCUT2D eigenvalue weighted by molar-refractivity contribution is -0.138. The summed E-state index contributed by atoms with van der Waals surface area (Å²) < 4.78 is 0. The van der Waals surface area contributed by atoms with Gasteiger partial charge in [-0.05, 0) is 25.7 Å². The molecule has 0 saturated carbocycles. The number of piperidine rings is 1. The largest absolute Gasteiger partial charge is 0.481 e. The summed E-state index contributed by atoms with van der Waals surface area (Å²) in [6.07, 6.45) is 1.74. The average molecular weight is 311 g/mol. The fourth-order valence-corrected chi connectivity index (χ4v) is 3.21. The minimum Gasteiger partial charge on any atom is -0.481 e. The third-order valence-electron chi connectivity index (χ3n) is 3.74. The molecule has 0 radical (unpaired) electrons. The number of nitrogens with zero attached hydrogens (tertiary/aromatic N) is 3. The third kappa shape index (κ3) is 4.42. The van der Waals surface area contributed by atoms with Crippen LogP contribution in [0.2, 0.25) is 0 Å². The van der Waals surface area contributed by atoms with E-state index in [4.69, 9.17) is 5.11 Å². The highest BCUT2D eigenvalue weighted by atomic mass is 32.1. The highest BCUT2D eigenvalue weighted by Gasteiger charge is 2.26. The van der Waals surface area contributed by atoms with Crippen molar-refractivity contribution in [3.8, 4) is 0 Å². The van der Waals surface area contributed by atoms with Crippen LogP contribution in [0.15, 0.2) is 5.38 Å². The molecule has 1 aromatic heterocycles. The molecule has 0 spiro atoms. The SMILES string of the molecule is Cc1nc(CN(C)C(=O)N2CCC(CC(=O)O)CC2)cs1. The molecule has 2 amide bonds. The van der Waals surface area contributed by atoms with Gasteiger partial charge in [0.05, 0.1) is 17.2 Å². The fraction of sp³-hybridized carbons (Fsp3) is 0.643. The summed E-state index contributed by atoms with van der Waals surface area (Å²) >= 11 is 1.58. The molecular weight excluding hydrogens is 290 g/mol. The Balaban J connectivity index is 1.82. The second-order valence-corrected chi connectivity index (χ2v) is 6.59. The van der Waals surface area contributed by atoms with E-state index < -0.39 is 5.97 Å². The fourth-order valence-electron chi connectivity index (χ4n) is 2.61. The summed E-state index contributed by atoms with van der Waals surface area (Å²) in [7, 11) is 1.78. The van der Waals surface area contributed by atoms with Gasteiger partial charge < -0.3 is 14.9 Å². The molecule has 0 unspecified atom stereocenters. The quantitative estimate of drug-likeness (QED) is 0.925. The van der Waals surface area contributed by atoms with Gasteiger partial charge in [-0.2, -0.15) is 0 Å². The van der Waals surface area contributed by atoms with Crippen molar-refractivity contribution in [2.45, 2.75) is 32.7 Å². The van der Waals surface area contributed by atoms with Crippen LogP contribution in [0.1, 0.15) is 30.0 Å². The molecule has 21 heavy (non-hydrogen) atoms. The van der Waals surface area contributed by atoms with E-state index in [1.54, 1.807) is 28.2 Å². The Morgan fingerprint density at radius 2 is 2.14 bits per heavy atom. The van der Waals surface area contributed by atoms with E-state index in [9.17, 15) is 9.59 Å². The van der Waals surface area contributed by atoms with E-state index in [0.29, 0.717) is 19.6 Å². The topological polar surface area (TPSA) is 73.7 Å². The van der Waals surface area contributed by atoms with Crippen molar-refractivity contribution in [2.24, 2.45) is 5.92 Å².